The molecule has 0 bridgehead atoms. The van der Waals surface area contributed by atoms with Crippen molar-refractivity contribution in [2.75, 3.05) is 137 Å². The number of nitrogens with one attached hydrogen (secondary N) is 11. The van der Waals surface area contributed by atoms with Crippen molar-refractivity contribution in [3.05, 3.63) is 6.54 Å². The largest absolute Gasteiger partial charge is 0.481 e. The van der Waals surface area contributed by atoms with Gasteiger partial charge in [-0.2, -0.15) is 0 Å². The fourth-order valence-corrected chi connectivity index (χ4v) is 14.2. The van der Waals surface area contributed by atoms with E-state index in [1.54, 1.807) is 6.21 Å². The molecule has 2 rings (SSSR count). The number of carbonyl (C=O) groups is 2. The molecule has 0 amide bonds. The van der Waals surface area contributed by atoms with E-state index in [2.05, 4.69) is 145 Å². The van der Waals surface area contributed by atoms with Crippen molar-refractivity contribution in [1.82, 2.24) is 68.3 Å². The van der Waals surface area contributed by atoms with Crippen LogP contribution >= 0.6 is 0 Å². The standard InChI is InChI=1S/C75H160N23O5/c1-10-58(8)71(96-52-70(59(9)99)95-51-69(57(6)7)94-48-64(27-29-73(102)103)90-45-61(22-17-34-87-74(79)80)85-33-16-12-11-14-30-76)54-98-40-20-25-68(98)53-97-39-19-24-67(97)50-93-60(21-13-15-31-77)43-84-37-38-86-62(23-18-35-88-75(81)82)46-89-63(26-28-72(100)101)47-91-66(42-56(4)5)49-92-65(41-55(2)3)44-83-36-32-78/h36-37,55-71,84-86,89-96,99H,10-35,38-54,76-78H2,1-9H3,(H,100,101)(H,102,103)(H4,79,80,87)(H4,81,82,88)/t58-,59+,60-,61-,62-,63-,64-,65-,66-,67-,68-,69+,70+,71+/m0/s1. The lowest BCUT2D eigenvalue weighted by Crippen LogP contribution is -2.56. The van der Waals surface area contributed by atoms with E-state index >= 15 is 0 Å². The van der Waals surface area contributed by atoms with E-state index in [4.69, 9.17) is 40.1 Å². The average molecular weight is 1460 g/mol. The zero-order chi connectivity index (χ0) is 76.0. The van der Waals surface area contributed by atoms with Crippen LogP contribution in [0.2, 0.25) is 0 Å². The molecule has 2 fully saturated rings. The van der Waals surface area contributed by atoms with E-state index in [1.165, 1.54) is 25.7 Å². The SMILES string of the molecule is CC[C@H](C)[C@@H](CN1CCC[C@H]1CN1CCC[C@H]1CN[C@@H](CCCCN)CN[CH]CN[C@@H](CCCN=C(N)N)CN[C@@H](CCC(=O)O)CN[C@H](CN[C@H](CN=CCN)CC(C)C)CC(C)C)NC[C@@H](NC[C@@H](NC[C@H](CCC(=O)O)NC[C@H](CCCN=C(N)N)NCCCCCCN)C(C)C)[C@@H](C)O. The molecule has 0 aromatic carbocycles. The van der Waals surface area contributed by atoms with Gasteiger partial charge in [-0.15, -0.1) is 0 Å². The maximum absolute atomic E-state index is 11.9. The highest BCUT2D eigenvalue weighted by Crippen LogP contribution is 2.25. The minimum Gasteiger partial charge on any atom is -0.481 e. The normalized spacial score (nSPS) is 19.0. The van der Waals surface area contributed by atoms with Gasteiger partial charge in [-0.05, 0) is 166 Å². The molecular formula is C75H160N23O5. The first-order chi connectivity index (χ1) is 49.5. The third-order valence-corrected chi connectivity index (χ3v) is 20.8. The van der Waals surface area contributed by atoms with E-state index in [-0.39, 0.29) is 91.1 Å². The summed E-state index contributed by atoms with van der Waals surface area (Å²) in [6.07, 6.45) is 21.0. The second kappa shape index (κ2) is 60.4. The molecule has 2 aliphatic heterocycles. The maximum Gasteiger partial charge on any atom is 0.303 e. The van der Waals surface area contributed by atoms with Crippen LogP contribution in [0, 0.1) is 30.2 Å². The van der Waals surface area contributed by atoms with Crippen LogP contribution in [0.5, 0.6) is 0 Å². The molecule has 0 saturated carbocycles. The number of hydrogen-bond acceptors (Lipinski definition) is 22. The third kappa shape index (κ3) is 49.2. The fourth-order valence-electron chi connectivity index (χ4n) is 14.2. The average Bonchev–Trinajstić information content (AvgIpc) is 1.72. The zero-order valence-electron chi connectivity index (χ0n) is 66.3. The van der Waals surface area contributed by atoms with Crippen molar-refractivity contribution < 1.29 is 24.9 Å². The molecule has 28 heteroatoms. The molecule has 2 aliphatic rings. The fraction of sp³-hybridized carbons (Fsp3) is 0.920. The van der Waals surface area contributed by atoms with Gasteiger partial charge in [0.1, 0.15) is 0 Å². The van der Waals surface area contributed by atoms with E-state index in [9.17, 15) is 24.9 Å². The molecule has 2 heterocycles. The lowest BCUT2D eigenvalue weighted by Gasteiger charge is -2.37. The van der Waals surface area contributed by atoms with E-state index in [0.29, 0.717) is 128 Å². The van der Waals surface area contributed by atoms with Crippen molar-refractivity contribution >= 4 is 30.1 Å². The van der Waals surface area contributed by atoms with Crippen LogP contribution in [-0.2, 0) is 9.59 Å². The van der Waals surface area contributed by atoms with Crippen molar-refractivity contribution in [1.29, 1.82) is 0 Å². The van der Waals surface area contributed by atoms with Gasteiger partial charge in [-0.25, -0.2) is 0 Å². The van der Waals surface area contributed by atoms with Gasteiger partial charge >= 0.3 is 11.9 Å². The van der Waals surface area contributed by atoms with Gasteiger partial charge in [0, 0.05) is 196 Å². The van der Waals surface area contributed by atoms with Gasteiger partial charge in [0.05, 0.1) is 12.6 Å². The number of nitrogens with two attached hydrogens (primary N) is 7. The molecule has 0 aromatic rings. The number of carboxylic acids is 2. The van der Waals surface area contributed by atoms with E-state index < -0.39 is 18.0 Å². The summed E-state index contributed by atoms with van der Waals surface area (Å²) >= 11 is 0. The minimum absolute atomic E-state index is 0.0466. The number of aliphatic hydroxyl groups is 1. The number of nitrogens with zero attached hydrogens (tertiary/aromatic N) is 5. The van der Waals surface area contributed by atoms with Gasteiger partial charge in [0.2, 0.25) is 0 Å². The third-order valence-electron chi connectivity index (χ3n) is 20.8. The van der Waals surface area contributed by atoms with Gasteiger partial charge in [0.25, 0.3) is 0 Å². The first kappa shape index (κ1) is 95.5. The van der Waals surface area contributed by atoms with Gasteiger partial charge in [0.15, 0.2) is 11.9 Å². The highest BCUT2D eigenvalue weighted by atomic mass is 16.4. The van der Waals surface area contributed by atoms with Crippen LogP contribution in [0.15, 0.2) is 15.0 Å². The summed E-state index contributed by atoms with van der Waals surface area (Å²) < 4.78 is 0. The summed E-state index contributed by atoms with van der Waals surface area (Å²) in [5.41, 5.74) is 40.1. The van der Waals surface area contributed by atoms with Crippen molar-refractivity contribution in [2.45, 2.75) is 282 Å². The van der Waals surface area contributed by atoms with Crippen molar-refractivity contribution in [2.24, 2.45) is 78.8 Å². The van der Waals surface area contributed by atoms with E-state index in [0.717, 1.165) is 142 Å². The number of guanidine groups is 2. The Kier molecular flexibility index (Phi) is 56.0. The Morgan fingerprint density at radius 1 is 0.524 bits per heavy atom. The predicted octanol–water partition coefficient (Wildman–Crippen LogP) is 1.94. The van der Waals surface area contributed by atoms with Gasteiger partial charge < -0.3 is 114 Å². The number of aliphatic hydroxyl groups excluding tert-OH is 1. The van der Waals surface area contributed by atoms with Crippen LogP contribution in [0.25, 0.3) is 0 Å². The summed E-state index contributed by atoms with van der Waals surface area (Å²) in [6, 6.07) is 2.06. The highest BCUT2D eigenvalue weighted by molar-refractivity contribution is 5.76. The molecular weight excluding hydrogens is 1300 g/mol. The van der Waals surface area contributed by atoms with Crippen LogP contribution in [-0.4, -0.2) is 271 Å². The number of carboxylic acid groups (broad SMARTS) is 2. The molecule has 28 nitrogen and oxygen atoms in total. The topological polar surface area (TPSA) is 453 Å². The lowest BCUT2D eigenvalue weighted by atomic mass is 9.97. The number of rotatable bonds is 70. The zero-order valence-corrected chi connectivity index (χ0v) is 66.3. The Hall–Kier alpha value is -3.53. The molecule has 605 valence electrons. The Bertz CT molecular complexity index is 2150. The van der Waals surface area contributed by atoms with Gasteiger partial charge in [-0.1, -0.05) is 81.1 Å². The van der Waals surface area contributed by atoms with Crippen molar-refractivity contribution in [3.8, 4) is 0 Å². The van der Waals surface area contributed by atoms with Crippen LogP contribution < -0.4 is 98.6 Å². The lowest BCUT2D eigenvalue weighted by molar-refractivity contribution is -0.138. The number of unbranched alkanes of at least 4 members (excludes halogenated alkanes) is 4. The molecule has 2 saturated heterocycles. The van der Waals surface area contributed by atoms with Crippen LogP contribution in [0.1, 0.15) is 204 Å². The number of hydrogen-bond donors (Lipinski definition) is 21. The summed E-state index contributed by atoms with van der Waals surface area (Å²) in [5.74, 6) is 0.324. The Balaban J connectivity index is 2.08. The summed E-state index contributed by atoms with van der Waals surface area (Å²) in [4.78, 5) is 42.3. The number of aliphatic imine (C=N–C) groups is 3. The molecule has 0 unspecified atom stereocenters. The molecule has 14 atom stereocenters. The molecule has 0 spiro atoms. The molecule has 103 heavy (non-hydrogen) atoms. The maximum atomic E-state index is 11.9. The predicted molar refractivity (Wildman–Crippen MR) is 431 cm³/mol. The summed E-state index contributed by atoms with van der Waals surface area (Å²) in [5, 5.41) is 72.7. The second-order valence-corrected chi connectivity index (χ2v) is 31.2. The Labute approximate surface area is 625 Å². The monoisotopic (exact) mass is 1460 g/mol. The van der Waals surface area contributed by atoms with Crippen LogP contribution in [0.4, 0.5) is 0 Å². The minimum atomic E-state index is -0.804. The summed E-state index contributed by atoms with van der Waals surface area (Å²) in [7, 11) is 0. The molecule has 0 aliphatic carbocycles. The molecule has 28 N–H and O–H groups in total. The molecule has 1 radical (unpaired) electrons. The van der Waals surface area contributed by atoms with E-state index in [1.807, 2.05) is 6.92 Å². The Morgan fingerprint density at radius 2 is 1.02 bits per heavy atom. The molecule has 0 aromatic heterocycles. The smallest absolute Gasteiger partial charge is 0.303 e. The number of likely N-dealkylation sites (tertiary alicyclic amines) is 2. The quantitative estimate of drug-likeness (QED) is 0.0235. The van der Waals surface area contributed by atoms with Crippen LogP contribution in [0.3, 0.4) is 0 Å². The summed E-state index contributed by atoms with van der Waals surface area (Å²) in [6.45, 7) is 37.9. The van der Waals surface area contributed by atoms with Crippen molar-refractivity contribution in [3.63, 3.8) is 0 Å². The first-order valence-electron chi connectivity index (χ1n) is 40.6. The second-order valence-electron chi connectivity index (χ2n) is 31.2. The number of aliphatic carboxylic acids is 2. The highest BCUT2D eigenvalue weighted by Gasteiger charge is 2.34. The van der Waals surface area contributed by atoms with Gasteiger partial charge in [-0.3, -0.25) is 34.4 Å². The Morgan fingerprint density at radius 3 is 1.59 bits per heavy atom. The first-order valence-corrected chi connectivity index (χ1v) is 40.6.